The zero-order valence-corrected chi connectivity index (χ0v) is 17.5. The Balaban J connectivity index is 1.44. The zero-order chi connectivity index (χ0) is 21.8. The Hall–Kier alpha value is -3.45. The highest BCUT2D eigenvalue weighted by molar-refractivity contribution is 5.94. The Kier molecular flexibility index (Phi) is 6.13. The van der Waals surface area contributed by atoms with Gasteiger partial charge in [0.15, 0.2) is 0 Å². The van der Waals surface area contributed by atoms with Crippen molar-refractivity contribution in [2.75, 3.05) is 5.32 Å². The fraction of sp³-hybridized carbons (Fsp3) is 0.292. The summed E-state index contributed by atoms with van der Waals surface area (Å²) in [5.74, 6) is 0.699. The third-order valence-corrected chi connectivity index (χ3v) is 5.74. The van der Waals surface area contributed by atoms with Crippen molar-refractivity contribution in [1.29, 1.82) is 0 Å². The first-order valence-corrected chi connectivity index (χ1v) is 10.6. The van der Waals surface area contributed by atoms with Gasteiger partial charge >= 0.3 is 0 Å². The smallest absolute Gasteiger partial charge is 0.251 e. The van der Waals surface area contributed by atoms with E-state index >= 15 is 0 Å². The summed E-state index contributed by atoms with van der Waals surface area (Å²) in [5, 5.41) is 16.6. The van der Waals surface area contributed by atoms with E-state index < -0.39 is 0 Å². The van der Waals surface area contributed by atoms with E-state index in [1.165, 1.54) is 6.33 Å². The molecular formula is C24H27N5O2. The van der Waals surface area contributed by atoms with Gasteiger partial charge < -0.3 is 21.5 Å². The maximum absolute atomic E-state index is 12.6. The summed E-state index contributed by atoms with van der Waals surface area (Å²) in [5.41, 5.74) is 9.58. The lowest BCUT2D eigenvalue weighted by Gasteiger charge is -2.29. The number of aromatic nitrogens is 2. The van der Waals surface area contributed by atoms with Crippen LogP contribution >= 0.6 is 0 Å². The predicted octanol–water partition coefficient (Wildman–Crippen LogP) is 3.90. The number of aromatic hydroxyl groups is 1. The molecule has 7 nitrogen and oxygen atoms in total. The summed E-state index contributed by atoms with van der Waals surface area (Å²) in [6, 6.07) is 14.6. The first-order valence-electron chi connectivity index (χ1n) is 10.6. The van der Waals surface area contributed by atoms with Crippen molar-refractivity contribution in [1.82, 2.24) is 15.3 Å². The average molecular weight is 418 g/mol. The lowest BCUT2D eigenvalue weighted by molar-refractivity contribution is 0.0921. The SMILES string of the molecule is Cc1cccc(-c2cc(Nc3ccc(C(=O)N[C@@H]4CCCC[C@H]4N)cc3)ncn2)c1O. The number of nitrogens with zero attached hydrogens (tertiary/aromatic N) is 2. The number of phenolic OH excluding ortho intramolecular Hbond substituents is 1. The van der Waals surface area contributed by atoms with Gasteiger partial charge in [0.2, 0.25) is 0 Å². The molecule has 4 rings (SSSR count). The second-order valence-electron chi connectivity index (χ2n) is 7.99. The van der Waals surface area contributed by atoms with E-state index in [2.05, 4.69) is 20.6 Å². The van der Waals surface area contributed by atoms with Gasteiger partial charge in [-0.25, -0.2) is 9.97 Å². The van der Waals surface area contributed by atoms with Crippen LogP contribution in [0.1, 0.15) is 41.6 Å². The van der Waals surface area contributed by atoms with Crippen LogP contribution in [0.3, 0.4) is 0 Å². The zero-order valence-electron chi connectivity index (χ0n) is 17.5. The number of nitrogens with two attached hydrogens (primary N) is 1. The van der Waals surface area contributed by atoms with Crippen LogP contribution < -0.4 is 16.4 Å². The minimum Gasteiger partial charge on any atom is -0.507 e. The number of hydrogen-bond acceptors (Lipinski definition) is 6. The van der Waals surface area contributed by atoms with Crippen molar-refractivity contribution in [2.24, 2.45) is 5.73 Å². The number of anilines is 2. The van der Waals surface area contributed by atoms with E-state index in [0.717, 1.165) is 36.9 Å². The quantitative estimate of drug-likeness (QED) is 0.501. The van der Waals surface area contributed by atoms with Crippen molar-refractivity contribution < 1.29 is 9.90 Å². The van der Waals surface area contributed by atoms with Gasteiger partial charge in [-0.3, -0.25) is 4.79 Å². The molecule has 0 saturated heterocycles. The molecule has 1 amide bonds. The molecule has 0 bridgehead atoms. The Morgan fingerprint density at radius 3 is 2.65 bits per heavy atom. The molecular weight excluding hydrogens is 390 g/mol. The number of phenols is 1. The number of para-hydroxylation sites is 1. The van der Waals surface area contributed by atoms with E-state index in [1.807, 2.05) is 37.3 Å². The number of rotatable bonds is 5. The summed E-state index contributed by atoms with van der Waals surface area (Å²) in [6.45, 7) is 1.85. The van der Waals surface area contributed by atoms with Crippen LogP contribution in [-0.4, -0.2) is 33.1 Å². The van der Waals surface area contributed by atoms with Crippen LogP contribution in [0.2, 0.25) is 0 Å². The van der Waals surface area contributed by atoms with E-state index in [1.54, 1.807) is 18.2 Å². The van der Waals surface area contributed by atoms with Crippen LogP contribution in [-0.2, 0) is 0 Å². The molecule has 0 aliphatic heterocycles. The molecule has 1 aliphatic rings. The third-order valence-electron chi connectivity index (χ3n) is 5.74. The van der Waals surface area contributed by atoms with E-state index in [9.17, 15) is 9.90 Å². The molecule has 1 aromatic heterocycles. The molecule has 1 fully saturated rings. The van der Waals surface area contributed by atoms with Gasteiger partial charge in [-0.15, -0.1) is 0 Å². The third kappa shape index (κ3) is 4.83. The average Bonchev–Trinajstić information content (AvgIpc) is 2.78. The van der Waals surface area contributed by atoms with Gasteiger partial charge in [0.1, 0.15) is 17.9 Å². The second kappa shape index (κ2) is 9.14. The molecule has 0 unspecified atom stereocenters. The van der Waals surface area contributed by atoms with Crippen molar-refractivity contribution in [3.8, 4) is 17.0 Å². The normalized spacial score (nSPS) is 18.4. The second-order valence-corrected chi connectivity index (χ2v) is 7.99. The molecule has 1 saturated carbocycles. The van der Waals surface area contributed by atoms with Crippen LogP contribution in [0.5, 0.6) is 5.75 Å². The minimum absolute atomic E-state index is 0.0263. The van der Waals surface area contributed by atoms with Gasteiger partial charge in [0.05, 0.1) is 5.69 Å². The van der Waals surface area contributed by atoms with Crippen LogP contribution in [0.4, 0.5) is 11.5 Å². The number of carbonyl (C=O) groups excluding carboxylic acids is 1. The molecule has 1 aliphatic carbocycles. The Morgan fingerprint density at radius 1 is 1.10 bits per heavy atom. The van der Waals surface area contributed by atoms with Gasteiger partial charge in [-0.05, 0) is 55.7 Å². The van der Waals surface area contributed by atoms with E-state index in [4.69, 9.17) is 5.73 Å². The number of hydrogen-bond donors (Lipinski definition) is 4. The summed E-state index contributed by atoms with van der Waals surface area (Å²) in [7, 11) is 0. The molecule has 0 spiro atoms. The van der Waals surface area contributed by atoms with Crippen molar-refractivity contribution in [3.63, 3.8) is 0 Å². The van der Waals surface area contributed by atoms with Crippen molar-refractivity contribution in [3.05, 3.63) is 66.0 Å². The van der Waals surface area contributed by atoms with Gasteiger partial charge in [0.25, 0.3) is 5.91 Å². The fourth-order valence-electron chi connectivity index (χ4n) is 3.88. The fourth-order valence-corrected chi connectivity index (χ4v) is 3.88. The van der Waals surface area contributed by atoms with E-state index in [-0.39, 0.29) is 23.7 Å². The van der Waals surface area contributed by atoms with E-state index in [0.29, 0.717) is 22.6 Å². The number of amides is 1. The maximum Gasteiger partial charge on any atom is 0.251 e. The molecule has 160 valence electrons. The van der Waals surface area contributed by atoms with Crippen LogP contribution in [0, 0.1) is 6.92 Å². The molecule has 1 heterocycles. The van der Waals surface area contributed by atoms with Crippen molar-refractivity contribution in [2.45, 2.75) is 44.7 Å². The summed E-state index contributed by atoms with van der Waals surface area (Å²) in [6.07, 6.45) is 5.56. The highest BCUT2D eigenvalue weighted by Gasteiger charge is 2.23. The van der Waals surface area contributed by atoms with Gasteiger partial charge in [-0.1, -0.05) is 25.0 Å². The highest BCUT2D eigenvalue weighted by Crippen LogP contribution is 2.31. The Labute approximate surface area is 181 Å². The number of benzene rings is 2. The topological polar surface area (TPSA) is 113 Å². The lowest BCUT2D eigenvalue weighted by atomic mass is 9.91. The molecule has 2 atom stereocenters. The van der Waals surface area contributed by atoms with Crippen LogP contribution in [0.25, 0.3) is 11.3 Å². The van der Waals surface area contributed by atoms with Crippen LogP contribution in [0.15, 0.2) is 54.9 Å². The summed E-state index contributed by atoms with van der Waals surface area (Å²) < 4.78 is 0. The number of nitrogens with one attached hydrogen (secondary N) is 2. The maximum atomic E-state index is 12.6. The van der Waals surface area contributed by atoms with Crippen molar-refractivity contribution >= 4 is 17.4 Å². The largest absolute Gasteiger partial charge is 0.507 e. The molecule has 5 N–H and O–H groups in total. The van der Waals surface area contributed by atoms with Gasteiger partial charge in [-0.2, -0.15) is 0 Å². The monoisotopic (exact) mass is 417 g/mol. The Morgan fingerprint density at radius 2 is 1.87 bits per heavy atom. The molecule has 7 heteroatoms. The molecule has 0 radical (unpaired) electrons. The molecule has 31 heavy (non-hydrogen) atoms. The molecule has 2 aromatic carbocycles. The number of carbonyl (C=O) groups is 1. The lowest BCUT2D eigenvalue weighted by Crippen LogP contribution is -2.49. The Bertz CT molecular complexity index is 1070. The predicted molar refractivity (Wildman–Crippen MR) is 121 cm³/mol. The summed E-state index contributed by atoms with van der Waals surface area (Å²) in [4.78, 5) is 21.1. The first-order chi connectivity index (χ1) is 15.0. The first kappa shape index (κ1) is 20.8. The summed E-state index contributed by atoms with van der Waals surface area (Å²) >= 11 is 0. The minimum atomic E-state index is -0.104. The highest BCUT2D eigenvalue weighted by atomic mass is 16.3. The molecule has 3 aromatic rings. The standard InChI is InChI=1S/C24H27N5O2/c1-15-5-4-6-18(23(15)30)21-13-22(27-14-26-21)28-17-11-9-16(10-12-17)24(31)29-20-8-3-2-7-19(20)25/h4-6,9-14,19-20,30H,2-3,7-8,25H2,1H3,(H,29,31)(H,26,27,28)/t19-,20-/m1/s1. The number of aryl methyl sites for hydroxylation is 1. The van der Waals surface area contributed by atoms with Gasteiger partial charge in [0, 0.05) is 35.0 Å².